The Labute approximate surface area is 145 Å². The molecule has 0 bridgehead atoms. The van der Waals surface area contributed by atoms with Crippen LogP contribution in [0.25, 0.3) is 0 Å². The Balaban J connectivity index is 1.59. The predicted octanol–water partition coefficient (Wildman–Crippen LogP) is 2.38. The fourth-order valence-electron chi connectivity index (χ4n) is 2.80. The standard InChI is InChI=1S/C18H24N2O3S/c19-12-15-6-8-17(9-7-15)23-10-11-24(22)14-18(21)20-13-16-4-2-1-3-5-16/h6-9,16H,1-5,10-11,13-14H2,(H,20,21). The number of nitrogens with one attached hydrogen (secondary N) is 1. The molecule has 1 fully saturated rings. The van der Waals surface area contributed by atoms with E-state index in [1.54, 1.807) is 24.3 Å². The van der Waals surface area contributed by atoms with Gasteiger partial charge in [-0.1, -0.05) is 19.3 Å². The van der Waals surface area contributed by atoms with Gasteiger partial charge in [-0.05, 0) is 43.0 Å². The number of carbonyl (C=O) groups excluding carboxylic acids is 1. The van der Waals surface area contributed by atoms with Crippen molar-refractivity contribution in [2.75, 3.05) is 24.7 Å². The summed E-state index contributed by atoms with van der Waals surface area (Å²) in [5.41, 5.74) is 0.570. The summed E-state index contributed by atoms with van der Waals surface area (Å²) >= 11 is 0. The molecule has 0 saturated heterocycles. The Bertz CT molecular complexity index is 589. The van der Waals surface area contributed by atoms with Crippen molar-refractivity contribution >= 4 is 16.7 Å². The molecule has 24 heavy (non-hydrogen) atoms. The van der Waals surface area contributed by atoms with Gasteiger partial charge in [-0.2, -0.15) is 5.26 Å². The fraction of sp³-hybridized carbons (Fsp3) is 0.556. The smallest absolute Gasteiger partial charge is 0.232 e. The summed E-state index contributed by atoms with van der Waals surface area (Å²) in [5.74, 6) is 1.42. The second-order valence-electron chi connectivity index (χ2n) is 6.08. The molecule has 6 heteroatoms. The minimum Gasteiger partial charge on any atom is -0.493 e. The maximum Gasteiger partial charge on any atom is 0.232 e. The Morgan fingerprint density at radius 2 is 1.96 bits per heavy atom. The monoisotopic (exact) mass is 348 g/mol. The average Bonchev–Trinajstić information content (AvgIpc) is 2.61. The zero-order valence-corrected chi connectivity index (χ0v) is 14.6. The van der Waals surface area contributed by atoms with E-state index in [9.17, 15) is 9.00 Å². The molecule has 0 aromatic heterocycles. The molecule has 130 valence electrons. The lowest BCUT2D eigenvalue weighted by Crippen LogP contribution is -2.34. The van der Waals surface area contributed by atoms with Crippen molar-refractivity contribution in [3.63, 3.8) is 0 Å². The van der Waals surface area contributed by atoms with E-state index in [2.05, 4.69) is 5.32 Å². The number of hydrogen-bond donors (Lipinski definition) is 1. The Kier molecular flexibility index (Phi) is 7.76. The highest BCUT2D eigenvalue weighted by Gasteiger charge is 2.15. The van der Waals surface area contributed by atoms with E-state index in [-0.39, 0.29) is 18.3 Å². The van der Waals surface area contributed by atoms with Crippen molar-refractivity contribution in [2.45, 2.75) is 32.1 Å². The van der Waals surface area contributed by atoms with E-state index in [1.165, 1.54) is 32.1 Å². The number of hydrogen-bond acceptors (Lipinski definition) is 4. The quantitative estimate of drug-likeness (QED) is 0.782. The molecule has 1 N–H and O–H groups in total. The number of rotatable bonds is 8. The van der Waals surface area contributed by atoms with Crippen molar-refractivity contribution in [1.82, 2.24) is 5.32 Å². The molecule has 0 heterocycles. The largest absolute Gasteiger partial charge is 0.493 e. The number of amides is 1. The van der Waals surface area contributed by atoms with Crippen LogP contribution in [0.5, 0.6) is 5.75 Å². The minimum absolute atomic E-state index is 0.0312. The lowest BCUT2D eigenvalue weighted by Gasteiger charge is -2.21. The van der Waals surface area contributed by atoms with Crippen LogP contribution in [0, 0.1) is 17.2 Å². The predicted molar refractivity (Wildman–Crippen MR) is 94.1 cm³/mol. The maximum absolute atomic E-state index is 11.9. The molecular formula is C18H24N2O3S. The van der Waals surface area contributed by atoms with Crippen molar-refractivity contribution in [1.29, 1.82) is 5.26 Å². The van der Waals surface area contributed by atoms with Crippen molar-refractivity contribution in [2.24, 2.45) is 5.92 Å². The lowest BCUT2D eigenvalue weighted by atomic mass is 9.89. The highest BCUT2D eigenvalue weighted by Crippen LogP contribution is 2.22. The number of benzene rings is 1. The molecule has 1 aromatic carbocycles. The normalized spacial score (nSPS) is 16.1. The molecule has 1 aromatic rings. The molecule has 1 unspecified atom stereocenters. The third kappa shape index (κ3) is 6.71. The molecule has 0 aliphatic heterocycles. The third-order valence-corrected chi connectivity index (χ3v) is 5.37. The molecule has 2 rings (SSSR count). The summed E-state index contributed by atoms with van der Waals surface area (Å²) in [4.78, 5) is 11.8. The highest BCUT2D eigenvalue weighted by molar-refractivity contribution is 7.85. The zero-order valence-electron chi connectivity index (χ0n) is 13.8. The summed E-state index contributed by atoms with van der Waals surface area (Å²) in [6, 6.07) is 8.79. The molecule has 1 aliphatic rings. The van der Waals surface area contributed by atoms with Crippen LogP contribution in [0.2, 0.25) is 0 Å². The number of nitriles is 1. The lowest BCUT2D eigenvalue weighted by molar-refractivity contribution is -0.118. The Morgan fingerprint density at radius 1 is 1.25 bits per heavy atom. The van der Waals surface area contributed by atoms with Gasteiger partial charge in [0.2, 0.25) is 5.91 Å². The first-order valence-corrected chi connectivity index (χ1v) is 9.91. The number of carbonyl (C=O) groups is 1. The molecule has 1 aliphatic carbocycles. The highest BCUT2D eigenvalue weighted by atomic mass is 32.2. The summed E-state index contributed by atoms with van der Waals surface area (Å²) < 4.78 is 17.4. The maximum atomic E-state index is 11.9. The first-order chi connectivity index (χ1) is 11.7. The SMILES string of the molecule is N#Cc1ccc(OCCS(=O)CC(=O)NCC2CCCCC2)cc1. The van der Waals surface area contributed by atoms with Gasteiger partial charge in [0.15, 0.2) is 0 Å². The molecule has 5 nitrogen and oxygen atoms in total. The van der Waals surface area contributed by atoms with Crippen LogP contribution < -0.4 is 10.1 Å². The van der Waals surface area contributed by atoms with Crippen LogP contribution in [0.15, 0.2) is 24.3 Å². The molecule has 1 amide bonds. The first kappa shape index (κ1) is 18.5. The summed E-state index contributed by atoms with van der Waals surface area (Å²) in [6.07, 6.45) is 6.16. The molecule has 0 spiro atoms. The molecule has 1 atom stereocenters. The van der Waals surface area contributed by atoms with Crippen LogP contribution in [0.4, 0.5) is 0 Å². The van der Waals surface area contributed by atoms with Crippen LogP contribution in [-0.2, 0) is 15.6 Å². The van der Waals surface area contributed by atoms with E-state index in [0.29, 0.717) is 29.5 Å². The first-order valence-electron chi connectivity index (χ1n) is 8.42. The van der Waals surface area contributed by atoms with Crippen LogP contribution in [0.3, 0.4) is 0 Å². The van der Waals surface area contributed by atoms with Gasteiger partial charge < -0.3 is 10.1 Å². The summed E-state index contributed by atoms with van der Waals surface area (Å²) in [5, 5.41) is 11.6. The van der Waals surface area contributed by atoms with Gasteiger partial charge >= 0.3 is 0 Å². The molecular weight excluding hydrogens is 324 g/mol. The Morgan fingerprint density at radius 3 is 2.62 bits per heavy atom. The van der Waals surface area contributed by atoms with E-state index in [4.69, 9.17) is 10.00 Å². The zero-order chi connectivity index (χ0) is 17.2. The second-order valence-corrected chi connectivity index (χ2v) is 7.66. The average molecular weight is 348 g/mol. The van der Waals surface area contributed by atoms with Gasteiger partial charge in [0.05, 0.1) is 24.0 Å². The van der Waals surface area contributed by atoms with E-state index in [0.717, 1.165) is 0 Å². The summed E-state index contributed by atoms with van der Waals surface area (Å²) in [7, 11) is -1.23. The summed E-state index contributed by atoms with van der Waals surface area (Å²) in [6.45, 7) is 0.992. The molecule has 1 saturated carbocycles. The van der Waals surface area contributed by atoms with Crippen molar-refractivity contribution < 1.29 is 13.7 Å². The van der Waals surface area contributed by atoms with Crippen LogP contribution in [0.1, 0.15) is 37.7 Å². The number of ether oxygens (including phenoxy) is 1. The second kappa shape index (κ2) is 10.1. The van der Waals surface area contributed by atoms with E-state index in [1.807, 2.05) is 6.07 Å². The van der Waals surface area contributed by atoms with Crippen LogP contribution in [-0.4, -0.2) is 34.8 Å². The van der Waals surface area contributed by atoms with Gasteiger partial charge in [0.25, 0.3) is 0 Å². The molecule has 0 radical (unpaired) electrons. The number of nitrogens with zero attached hydrogens (tertiary/aromatic N) is 1. The van der Waals surface area contributed by atoms with E-state index < -0.39 is 10.8 Å². The topological polar surface area (TPSA) is 79.2 Å². The fourth-order valence-corrected chi connectivity index (χ4v) is 3.61. The van der Waals surface area contributed by atoms with Gasteiger partial charge in [0.1, 0.15) is 11.5 Å². The van der Waals surface area contributed by atoms with Gasteiger partial charge in [-0.3, -0.25) is 9.00 Å². The van der Waals surface area contributed by atoms with Gasteiger partial charge in [-0.15, -0.1) is 0 Å². The van der Waals surface area contributed by atoms with E-state index >= 15 is 0 Å². The minimum atomic E-state index is -1.23. The Hall–Kier alpha value is -1.87. The van der Waals surface area contributed by atoms with Crippen molar-refractivity contribution in [3.05, 3.63) is 29.8 Å². The van der Waals surface area contributed by atoms with Gasteiger partial charge in [-0.25, -0.2) is 0 Å². The third-order valence-electron chi connectivity index (χ3n) is 4.17. The van der Waals surface area contributed by atoms with Gasteiger partial charge in [0, 0.05) is 17.3 Å². The van der Waals surface area contributed by atoms with Crippen LogP contribution >= 0.6 is 0 Å². The van der Waals surface area contributed by atoms with Crippen molar-refractivity contribution in [3.8, 4) is 11.8 Å².